The second-order valence-corrected chi connectivity index (χ2v) is 16.3. The number of aliphatic hydroxyl groups excluding tert-OH is 2. The fraction of sp³-hybridized carbons (Fsp3) is 0.762. The number of methoxy groups -OCH3 is 3. The Hall–Kier alpha value is -2.78. The number of piperidine rings is 1. The third-order valence-corrected chi connectivity index (χ3v) is 12.4. The highest BCUT2D eigenvalue weighted by molar-refractivity contribution is 6.39. The monoisotopic (exact) mass is 775 g/mol. The fourth-order valence-electron chi connectivity index (χ4n) is 8.83. The van der Waals surface area contributed by atoms with Crippen molar-refractivity contribution in [1.82, 2.24) is 4.90 Å². The van der Waals surface area contributed by atoms with Crippen molar-refractivity contribution >= 4 is 23.4 Å². The maximum absolute atomic E-state index is 14.2. The molecule has 13 nitrogen and oxygen atoms in total. The number of allylic oxidation sites excluding steroid dienone is 4. The van der Waals surface area contributed by atoms with Gasteiger partial charge in [-0.1, -0.05) is 37.6 Å². The zero-order valence-electron chi connectivity index (χ0n) is 33.8. The number of fused-ring (bicyclic) bond motifs is 3. The van der Waals surface area contributed by atoms with Crippen LogP contribution in [0.1, 0.15) is 98.3 Å². The van der Waals surface area contributed by atoms with Crippen molar-refractivity contribution in [1.29, 1.82) is 0 Å². The third-order valence-electron chi connectivity index (χ3n) is 12.4. The molecule has 3 heterocycles. The zero-order chi connectivity index (χ0) is 40.6. The second-order valence-electron chi connectivity index (χ2n) is 16.3. The maximum Gasteiger partial charge on any atom is 0.329 e. The van der Waals surface area contributed by atoms with Gasteiger partial charge in [0.2, 0.25) is 5.79 Å². The molecule has 4 rings (SSSR count). The maximum atomic E-state index is 14.2. The van der Waals surface area contributed by atoms with Gasteiger partial charge in [0.15, 0.2) is 0 Å². The van der Waals surface area contributed by atoms with Gasteiger partial charge in [-0.2, -0.15) is 0 Å². The first-order valence-electron chi connectivity index (χ1n) is 20.0. The number of hydrogen-bond acceptors (Lipinski definition) is 12. The first-order chi connectivity index (χ1) is 26.1. The van der Waals surface area contributed by atoms with Crippen molar-refractivity contribution in [3.05, 3.63) is 36.0 Å². The molecule has 0 aromatic rings. The van der Waals surface area contributed by atoms with Gasteiger partial charge in [-0.05, 0) is 89.5 Å². The van der Waals surface area contributed by atoms with Gasteiger partial charge in [-0.15, -0.1) is 6.58 Å². The summed E-state index contributed by atoms with van der Waals surface area (Å²) >= 11 is 0. The van der Waals surface area contributed by atoms with Crippen LogP contribution < -0.4 is 0 Å². The van der Waals surface area contributed by atoms with E-state index in [4.69, 9.17) is 23.7 Å². The molecular weight excluding hydrogens is 710 g/mol. The van der Waals surface area contributed by atoms with E-state index < -0.39 is 83.9 Å². The first-order valence-corrected chi connectivity index (χ1v) is 20.0. The fourth-order valence-corrected chi connectivity index (χ4v) is 8.83. The highest BCUT2D eigenvalue weighted by Gasteiger charge is 2.56. The molecule has 1 aliphatic carbocycles. The number of ketones is 2. The van der Waals surface area contributed by atoms with Gasteiger partial charge in [0, 0.05) is 52.0 Å². The number of Topliss-reactive ketones (excluding diaryl/α,β-unsaturated/α-hetero) is 2. The molecule has 0 aromatic carbocycles. The Morgan fingerprint density at radius 3 is 2.31 bits per heavy atom. The predicted molar refractivity (Wildman–Crippen MR) is 203 cm³/mol. The Bertz CT molecular complexity index is 1430. The number of carbonyl (C=O) groups excluding carboxylic acids is 4. The SMILES string of the molecule is C=CC[C@H]1/C=C(/C)CCC(OC)[C@H]2O[C@@](O)(C(=O)C(=O)N3CCCC[C@@H]3C(=O)O[C@H](/C(C)=C/[C@@H]3CC[C@@H](O)[C@H](OC)C3)[C@@H](C)C(O)CC1=O)[C@H](C)C[C@@H]2OC. The van der Waals surface area contributed by atoms with E-state index in [9.17, 15) is 34.5 Å². The van der Waals surface area contributed by atoms with Crippen LogP contribution in [-0.2, 0) is 42.9 Å². The molecular formula is C42H65NO12. The van der Waals surface area contributed by atoms with Crippen molar-refractivity contribution in [2.24, 2.45) is 23.7 Å². The lowest BCUT2D eigenvalue weighted by atomic mass is 9.81. The summed E-state index contributed by atoms with van der Waals surface area (Å²) < 4.78 is 29.5. The molecule has 55 heavy (non-hydrogen) atoms. The van der Waals surface area contributed by atoms with E-state index in [1.54, 1.807) is 27.0 Å². The largest absolute Gasteiger partial charge is 0.456 e. The summed E-state index contributed by atoms with van der Waals surface area (Å²) in [4.78, 5) is 57.5. The lowest BCUT2D eigenvalue weighted by Gasteiger charge is -2.46. The smallest absolute Gasteiger partial charge is 0.329 e. The molecule has 2 bridgehead atoms. The standard InChI is InChI=1S/C42H65NO12/c1-9-12-29-19-24(2)14-17-34(51-6)38-36(53-8)21-26(4)42(50,55-38)39(47)40(48)43-18-11-10-13-30(43)41(49)54-37(27(5)32(45)23-33(29)46)25(3)20-28-15-16-31(44)35(22-28)52-7/h9,19-20,26-32,34-38,44-45,50H,1,10-18,21-23H2,2-8H3/b24-19-,25-20+/t26-,27+,28+,29+,30-,31-,32?,34?,35-,36+,37-,38-,42-/m1/s1. The number of cyclic esters (lactones) is 1. The van der Waals surface area contributed by atoms with Gasteiger partial charge in [-0.3, -0.25) is 14.4 Å². The first kappa shape index (κ1) is 44.9. The number of carbonyl (C=O) groups is 4. The average Bonchev–Trinajstić information content (AvgIpc) is 3.17. The molecule has 3 N–H and O–H groups in total. The Labute approximate surface area is 326 Å². The van der Waals surface area contributed by atoms with Crippen LogP contribution in [-0.4, -0.2) is 126 Å². The van der Waals surface area contributed by atoms with E-state index in [2.05, 4.69) is 6.58 Å². The Balaban J connectivity index is 1.77. The molecule has 0 radical (unpaired) electrons. The highest BCUT2D eigenvalue weighted by Crippen LogP contribution is 2.39. The molecule has 1 saturated carbocycles. The van der Waals surface area contributed by atoms with Crippen molar-refractivity contribution in [3.8, 4) is 0 Å². The molecule has 3 aliphatic heterocycles. The summed E-state index contributed by atoms with van der Waals surface area (Å²) in [5, 5.41) is 34.0. The van der Waals surface area contributed by atoms with Gasteiger partial charge in [0.05, 0.1) is 30.5 Å². The number of rotatable bonds is 7. The number of hydrogen-bond donors (Lipinski definition) is 3. The average molecular weight is 776 g/mol. The Kier molecular flexibility index (Phi) is 16.4. The van der Waals surface area contributed by atoms with Crippen molar-refractivity contribution in [2.45, 2.75) is 153 Å². The third kappa shape index (κ3) is 10.6. The number of esters is 1. The molecule has 2 unspecified atom stereocenters. The van der Waals surface area contributed by atoms with Crippen LogP contribution in [0, 0.1) is 23.7 Å². The number of amides is 1. The molecule has 0 spiro atoms. The molecule has 310 valence electrons. The van der Waals surface area contributed by atoms with E-state index >= 15 is 0 Å². The van der Waals surface area contributed by atoms with Crippen LogP contribution >= 0.6 is 0 Å². The number of ether oxygens (including phenoxy) is 5. The normalized spacial score (nSPS) is 40.4. The zero-order valence-corrected chi connectivity index (χ0v) is 33.8. The highest BCUT2D eigenvalue weighted by atomic mass is 16.7. The molecule has 2 saturated heterocycles. The lowest BCUT2D eigenvalue weighted by Crippen LogP contribution is -2.64. The Morgan fingerprint density at radius 1 is 0.964 bits per heavy atom. The lowest BCUT2D eigenvalue weighted by molar-refractivity contribution is -0.302. The molecule has 0 aromatic heterocycles. The van der Waals surface area contributed by atoms with Crippen LogP contribution in [0.15, 0.2) is 36.0 Å². The van der Waals surface area contributed by atoms with Crippen LogP contribution in [0.25, 0.3) is 0 Å². The van der Waals surface area contributed by atoms with Crippen LogP contribution in [0.5, 0.6) is 0 Å². The van der Waals surface area contributed by atoms with Crippen LogP contribution in [0.4, 0.5) is 0 Å². The van der Waals surface area contributed by atoms with Gasteiger partial charge in [0.1, 0.15) is 24.0 Å². The van der Waals surface area contributed by atoms with Gasteiger partial charge >= 0.3 is 5.97 Å². The quantitative estimate of drug-likeness (QED) is 0.193. The summed E-state index contributed by atoms with van der Waals surface area (Å²) in [6.45, 7) is 11.0. The van der Waals surface area contributed by atoms with E-state index in [1.165, 1.54) is 19.1 Å². The van der Waals surface area contributed by atoms with Crippen molar-refractivity contribution in [2.75, 3.05) is 27.9 Å². The van der Waals surface area contributed by atoms with Gasteiger partial charge < -0.3 is 43.9 Å². The Morgan fingerprint density at radius 2 is 1.65 bits per heavy atom. The van der Waals surface area contributed by atoms with E-state index in [0.29, 0.717) is 56.9 Å². The minimum Gasteiger partial charge on any atom is -0.456 e. The molecule has 3 fully saturated rings. The van der Waals surface area contributed by atoms with Gasteiger partial charge in [-0.25, -0.2) is 4.79 Å². The minimum absolute atomic E-state index is 0.00739. The molecule has 4 aliphatic rings. The summed E-state index contributed by atoms with van der Waals surface area (Å²) in [5.41, 5.74) is 1.53. The topological polar surface area (TPSA) is 178 Å². The molecule has 13 heteroatoms. The number of nitrogens with zero attached hydrogens (tertiary/aromatic N) is 1. The van der Waals surface area contributed by atoms with Crippen molar-refractivity contribution in [3.63, 3.8) is 0 Å². The van der Waals surface area contributed by atoms with Crippen molar-refractivity contribution < 1.29 is 58.2 Å². The summed E-state index contributed by atoms with van der Waals surface area (Å²) in [6, 6.07) is -1.14. The van der Waals surface area contributed by atoms with Crippen LogP contribution in [0.2, 0.25) is 0 Å². The van der Waals surface area contributed by atoms with Gasteiger partial charge in [0.25, 0.3) is 11.7 Å². The van der Waals surface area contributed by atoms with E-state index in [-0.39, 0.29) is 43.6 Å². The van der Waals surface area contributed by atoms with Crippen LogP contribution in [0.3, 0.4) is 0 Å². The molecule has 1 amide bonds. The van der Waals surface area contributed by atoms with E-state index in [0.717, 1.165) is 5.57 Å². The minimum atomic E-state index is -2.51. The summed E-state index contributed by atoms with van der Waals surface area (Å²) in [6.07, 6.45) is 4.60. The second kappa shape index (κ2) is 20.1. The predicted octanol–water partition coefficient (Wildman–Crippen LogP) is 4.00. The molecule has 13 atom stereocenters. The number of aliphatic hydroxyl groups is 3. The van der Waals surface area contributed by atoms with E-state index in [1.807, 2.05) is 26.0 Å². The summed E-state index contributed by atoms with van der Waals surface area (Å²) in [7, 11) is 4.57. The summed E-state index contributed by atoms with van der Waals surface area (Å²) in [5.74, 6) is -7.82.